The standard InChI is InChI=1S/C23H27N5O/c1-24-23(28-13-12-19(17-28)20-15-26-27(2)16-20)25-14-18-8-6-7-11-22(18)29-21-9-4-3-5-10-21/h3-11,15-16,19H,12-14,17H2,1-2H3,(H,24,25). The maximum absolute atomic E-state index is 6.08. The van der Waals surface area contributed by atoms with Crippen LogP contribution in [0.1, 0.15) is 23.5 Å². The third-order valence-electron chi connectivity index (χ3n) is 5.28. The molecule has 6 nitrogen and oxygen atoms in total. The Labute approximate surface area is 171 Å². The summed E-state index contributed by atoms with van der Waals surface area (Å²) >= 11 is 0. The summed E-state index contributed by atoms with van der Waals surface area (Å²) in [5, 5.41) is 7.82. The van der Waals surface area contributed by atoms with Crippen LogP contribution >= 0.6 is 0 Å². The largest absolute Gasteiger partial charge is 0.457 e. The van der Waals surface area contributed by atoms with Gasteiger partial charge in [0.15, 0.2) is 5.96 Å². The maximum atomic E-state index is 6.08. The van der Waals surface area contributed by atoms with Crippen molar-refractivity contribution < 1.29 is 4.74 Å². The Morgan fingerprint density at radius 1 is 1.17 bits per heavy atom. The van der Waals surface area contributed by atoms with Crippen molar-refractivity contribution in [2.45, 2.75) is 18.9 Å². The number of likely N-dealkylation sites (tertiary alicyclic amines) is 1. The van der Waals surface area contributed by atoms with E-state index in [0.29, 0.717) is 12.5 Å². The van der Waals surface area contributed by atoms with Gasteiger partial charge in [-0.1, -0.05) is 36.4 Å². The zero-order valence-electron chi connectivity index (χ0n) is 17.0. The van der Waals surface area contributed by atoms with E-state index in [1.807, 2.05) is 73.5 Å². The van der Waals surface area contributed by atoms with Crippen molar-refractivity contribution >= 4 is 5.96 Å². The monoisotopic (exact) mass is 389 g/mol. The maximum Gasteiger partial charge on any atom is 0.193 e. The predicted molar refractivity (Wildman–Crippen MR) is 115 cm³/mol. The molecular formula is C23H27N5O. The summed E-state index contributed by atoms with van der Waals surface area (Å²) in [6.07, 6.45) is 5.20. The Balaban J connectivity index is 1.39. The molecule has 2 aromatic carbocycles. The lowest BCUT2D eigenvalue weighted by molar-refractivity contribution is 0.468. The highest BCUT2D eigenvalue weighted by Gasteiger charge is 2.26. The number of aliphatic imine (C=N–C) groups is 1. The molecule has 3 aromatic rings. The molecule has 1 aromatic heterocycles. The van der Waals surface area contributed by atoms with E-state index in [1.165, 1.54) is 5.56 Å². The van der Waals surface area contributed by atoms with Gasteiger partial charge >= 0.3 is 0 Å². The smallest absolute Gasteiger partial charge is 0.193 e. The third-order valence-corrected chi connectivity index (χ3v) is 5.28. The SMILES string of the molecule is CN=C(NCc1ccccc1Oc1ccccc1)N1CCC(c2cnn(C)c2)C1. The minimum absolute atomic E-state index is 0.496. The predicted octanol–water partition coefficient (Wildman–Crippen LogP) is 3.78. The number of guanidine groups is 1. The minimum atomic E-state index is 0.496. The van der Waals surface area contributed by atoms with Gasteiger partial charge in [0.05, 0.1) is 6.20 Å². The fraction of sp³-hybridized carbons (Fsp3) is 0.304. The number of hydrogen-bond acceptors (Lipinski definition) is 3. The van der Waals surface area contributed by atoms with Crippen molar-refractivity contribution in [2.75, 3.05) is 20.1 Å². The highest BCUT2D eigenvalue weighted by atomic mass is 16.5. The third kappa shape index (κ3) is 4.59. The first-order valence-electron chi connectivity index (χ1n) is 9.98. The van der Waals surface area contributed by atoms with Crippen molar-refractivity contribution in [3.63, 3.8) is 0 Å². The topological polar surface area (TPSA) is 54.7 Å². The molecule has 29 heavy (non-hydrogen) atoms. The molecule has 0 amide bonds. The number of nitrogens with one attached hydrogen (secondary N) is 1. The summed E-state index contributed by atoms with van der Waals surface area (Å²) < 4.78 is 7.95. The van der Waals surface area contributed by atoms with Gasteiger partial charge in [0.2, 0.25) is 0 Å². The van der Waals surface area contributed by atoms with Crippen molar-refractivity contribution in [3.05, 3.63) is 78.1 Å². The molecule has 0 spiro atoms. The zero-order chi connectivity index (χ0) is 20.1. The first-order valence-corrected chi connectivity index (χ1v) is 9.98. The molecule has 0 aliphatic carbocycles. The lowest BCUT2D eigenvalue weighted by Crippen LogP contribution is -2.39. The van der Waals surface area contributed by atoms with E-state index >= 15 is 0 Å². The minimum Gasteiger partial charge on any atom is -0.457 e. The molecule has 1 aliphatic heterocycles. The van der Waals surface area contributed by atoms with E-state index in [-0.39, 0.29) is 0 Å². The lowest BCUT2D eigenvalue weighted by Gasteiger charge is -2.22. The van der Waals surface area contributed by atoms with Gasteiger partial charge in [0.1, 0.15) is 11.5 Å². The van der Waals surface area contributed by atoms with Gasteiger partial charge < -0.3 is 15.0 Å². The summed E-state index contributed by atoms with van der Waals surface area (Å²) in [5.41, 5.74) is 2.40. The number of benzene rings is 2. The van der Waals surface area contributed by atoms with Crippen molar-refractivity contribution in [1.29, 1.82) is 0 Å². The van der Waals surface area contributed by atoms with E-state index in [1.54, 1.807) is 0 Å². The second-order valence-corrected chi connectivity index (χ2v) is 7.30. The normalized spacial score (nSPS) is 16.8. The number of aryl methyl sites for hydroxylation is 1. The number of ether oxygens (including phenoxy) is 1. The fourth-order valence-electron chi connectivity index (χ4n) is 3.75. The van der Waals surface area contributed by atoms with Crippen molar-refractivity contribution in [1.82, 2.24) is 20.0 Å². The molecule has 1 fully saturated rings. The van der Waals surface area contributed by atoms with Gasteiger partial charge in [-0.3, -0.25) is 9.67 Å². The van der Waals surface area contributed by atoms with Crippen LogP contribution in [0.2, 0.25) is 0 Å². The first kappa shape index (κ1) is 19.1. The molecule has 0 bridgehead atoms. The summed E-state index contributed by atoms with van der Waals surface area (Å²) in [5.74, 6) is 3.11. The Morgan fingerprint density at radius 3 is 2.72 bits per heavy atom. The van der Waals surface area contributed by atoms with E-state index in [9.17, 15) is 0 Å². The van der Waals surface area contributed by atoms with Gasteiger partial charge in [-0.2, -0.15) is 5.10 Å². The molecule has 150 valence electrons. The highest BCUT2D eigenvalue weighted by molar-refractivity contribution is 5.80. The Hall–Kier alpha value is -3.28. The molecule has 6 heteroatoms. The molecule has 2 heterocycles. The summed E-state index contributed by atoms with van der Waals surface area (Å²) in [7, 11) is 3.80. The van der Waals surface area contributed by atoms with Crippen molar-refractivity contribution in [2.24, 2.45) is 12.0 Å². The van der Waals surface area contributed by atoms with Gasteiger partial charge in [-0.25, -0.2) is 0 Å². The molecule has 1 unspecified atom stereocenters. The van der Waals surface area contributed by atoms with Crippen LogP contribution in [-0.2, 0) is 13.6 Å². The van der Waals surface area contributed by atoms with E-state index in [4.69, 9.17) is 4.74 Å². The number of aromatic nitrogens is 2. The fourth-order valence-corrected chi connectivity index (χ4v) is 3.75. The van der Waals surface area contributed by atoms with Crippen LogP contribution in [0.3, 0.4) is 0 Å². The summed E-state index contributed by atoms with van der Waals surface area (Å²) in [4.78, 5) is 6.82. The Morgan fingerprint density at radius 2 is 1.97 bits per heavy atom. The van der Waals surface area contributed by atoms with E-state index in [2.05, 4.69) is 32.6 Å². The average Bonchev–Trinajstić information content (AvgIpc) is 3.40. The average molecular weight is 390 g/mol. The summed E-state index contributed by atoms with van der Waals surface area (Å²) in [6.45, 7) is 2.60. The van der Waals surface area contributed by atoms with E-state index in [0.717, 1.165) is 42.5 Å². The quantitative estimate of drug-likeness (QED) is 0.533. The molecule has 0 radical (unpaired) electrons. The van der Waals surface area contributed by atoms with Crippen LogP contribution in [0.25, 0.3) is 0 Å². The Bertz CT molecular complexity index is 966. The number of rotatable bonds is 5. The second-order valence-electron chi connectivity index (χ2n) is 7.30. The molecule has 1 aliphatic rings. The number of hydrogen-bond donors (Lipinski definition) is 1. The van der Waals surface area contributed by atoms with Gasteiger partial charge in [0, 0.05) is 51.4 Å². The van der Waals surface area contributed by atoms with Crippen LogP contribution < -0.4 is 10.1 Å². The van der Waals surface area contributed by atoms with Crippen LogP contribution in [0.5, 0.6) is 11.5 Å². The summed E-state index contributed by atoms with van der Waals surface area (Å²) in [6, 6.07) is 18.0. The van der Waals surface area contributed by atoms with Gasteiger partial charge in [-0.15, -0.1) is 0 Å². The molecule has 1 N–H and O–H groups in total. The molecule has 0 saturated carbocycles. The zero-order valence-corrected chi connectivity index (χ0v) is 17.0. The van der Waals surface area contributed by atoms with Gasteiger partial charge in [0.25, 0.3) is 0 Å². The van der Waals surface area contributed by atoms with Crippen LogP contribution in [0.15, 0.2) is 72.0 Å². The van der Waals surface area contributed by atoms with Crippen molar-refractivity contribution in [3.8, 4) is 11.5 Å². The van der Waals surface area contributed by atoms with E-state index < -0.39 is 0 Å². The molecule has 4 rings (SSSR count). The number of nitrogens with zero attached hydrogens (tertiary/aromatic N) is 4. The lowest BCUT2D eigenvalue weighted by atomic mass is 10.0. The highest BCUT2D eigenvalue weighted by Crippen LogP contribution is 2.27. The molecule has 1 saturated heterocycles. The first-order chi connectivity index (χ1) is 14.2. The molecule has 1 atom stereocenters. The number of para-hydroxylation sites is 2. The van der Waals surface area contributed by atoms with Crippen LogP contribution in [0, 0.1) is 0 Å². The Kier molecular flexibility index (Phi) is 5.79. The van der Waals surface area contributed by atoms with Crippen LogP contribution in [0.4, 0.5) is 0 Å². The van der Waals surface area contributed by atoms with Gasteiger partial charge in [-0.05, 0) is 30.2 Å². The molecular weight excluding hydrogens is 362 g/mol. The van der Waals surface area contributed by atoms with Crippen LogP contribution in [-0.4, -0.2) is 40.8 Å². The second kappa shape index (κ2) is 8.82.